The summed E-state index contributed by atoms with van der Waals surface area (Å²) < 4.78 is 0. The van der Waals surface area contributed by atoms with Gasteiger partial charge in [-0.05, 0) is 36.4 Å². The molecule has 1 N–H and O–H groups in total. The van der Waals surface area contributed by atoms with E-state index in [2.05, 4.69) is 9.97 Å². The molecule has 3 rings (SSSR count). The molecule has 0 atom stereocenters. The summed E-state index contributed by atoms with van der Waals surface area (Å²) in [6.07, 6.45) is 3.43. The maximum absolute atomic E-state index is 10.1. The van der Waals surface area contributed by atoms with Crippen LogP contribution in [0.1, 0.15) is 0 Å². The molecule has 0 aliphatic carbocycles. The van der Waals surface area contributed by atoms with Gasteiger partial charge in [0.1, 0.15) is 17.4 Å². The standard InChI is InChI=1S/C16H13N3O/c20-14-8-2-1-7-13(14)19(15-9-3-5-11-17-15)16-10-4-6-12-18-16/h1-12,20H. The minimum Gasteiger partial charge on any atom is -0.506 e. The zero-order chi connectivity index (χ0) is 13.8. The third kappa shape index (κ3) is 2.31. The topological polar surface area (TPSA) is 49.2 Å². The Kier molecular flexibility index (Phi) is 3.29. The summed E-state index contributed by atoms with van der Waals surface area (Å²) in [4.78, 5) is 10.5. The number of benzene rings is 1. The largest absolute Gasteiger partial charge is 0.506 e. The van der Waals surface area contributed by atoms with Crippen LogP contribution in [0.2, 0.25) is 0 Å². The van der Waals surface area contributed by atoms with Crippen molar-refractivity contribution in [3.63, 3.8) is 0 Å². The summed E-state index contributed by atoms with van der Waals surface area (Å²) in [6, 6.07) is 18.4. The Hall–Kier alpha value is -2.88. The van der Waals surface area contributed by atoms with E-state index < -0.39 is 0 Å². The summed E-state index contributed by atoms with van der Waals surface area (Å²) in [7, 11) is 0. The number of phenols is 1. The van der Waals surface area contributed by atoms with Crippen molar-refractivity contribution in [3.05, 3.63) is 73.1 Å². The third-order valence-electron chi connectivity index (χ3n) is 2.88. The van der Waals surface area contributed by atoms with E-state index in [0.717, 1.165) is 0 Å². The zero-order valence-corrected chi connectivity index (χ0v) is 10.7. The molecule has 20 heavy (non-hydrogen) atoms. The minimum atomic E-state index is 0.184. The van der Waals surface area contributed by atoms with Crippen LogP contribution >= 0.6 is 0 Å². The van der Waals surface area contributed by atoms with E-state index in [1.54, 1.807) is 24.5 Å². The van der Waals surface area contributed by atoms with Crippen LogP contribution in [0.15, 0.2) is 73.1 Å². The lowest BCUT2D eigenvalue weighted by molar-refractivity contribution is 0.476. The second-order valence-electron chi connectivity index (χ2n) is 4.20. The Morgan fingerprint density at radius 2 is 1.25 bits per heavy atom. The Balaban J connectivity index is 2.17. The molecular formula is C16H13N3O. The summed E-state index contributed by atoms with van der Waals surface area (Å²) in [5, 5.41) is 10.1. The van der Waals surface area contributed by atoms with Crippen molar-refractivity contribution in [2.24, 2.45) is 0 Å². The van der Waals surface area contributed by atoms with Gasteiger partial charge in [-0.15, -0.1) is 0 Å². The first kappa shape index (κ1) is 12.2. The second kappa shape index (κ2) is 5.40. The SMILES string of the molecule is Oc1ccccc1N(c1ccccn1)c1ccccn1. The number of pyridine rings is 2. The Morgan fingerprint density at radius 1 is 0.700 bits per heavy atom. The molecule has 0 spiro atoms. The summed E-state index contributed by atoms with van der Waals surface area (Å²) >= 11 is 0. The second-order valence-corrected chi connectivity index (χ2v) is 4.20. The first-order chi connectivity index (χ1) is 9.86. The maximum atomic E-state index is 10.1. The predicted molar refractivity (Wildman–Crippen MR) is 78.4 cm³/mol. The van der Waals surface area contributed by atoms with Gasteiger partial charge in [0.2, 0.25) is 0 Å². The average molecular weight is 263 g/mol. The highest BCUT2D eigenvalue weighted by Gasteiger charge is 2.16. The molecule has 2 heterocycles. The third-order valence-corrected chi connectivity index (χ3v) is 2.88. The van der Waals surface area contributed by atoms with Crippen LogP contribution in [0.3, 0.4) is 0 Å². The number of nitrogens with zero attached hydrogens (tertiary/aromatic N) is 3. The van der Waals surface area contributed by atoms with Crippen LogP contribution in [-0.2, 0) is 0 Å². The van der Waals surface area contributed by atoms with Crippen molar-refractivity contribution in [1.82, 2.24) is 9.97 Å². The lowest BCUT2D eigenvalue weighted by Gasteiger charge is -2.23. The molecular weight excluding hydrogens is 250 g/mol. The van der Waals surface area contributed by atoms with Crippen molar-refractivity contribution < 1.29 is 5.11 Å². The van der Waals surface area contributed by atoms with Gasteiger partial charge in [0.05, 0.1) is 5.69 Å². The summed E-state index contributed by atoms with van der Waals surface area (Å²) in [5.74, 6) is 1.59. The Bertz CT molecular complexity index is 647. The number of phenolic OH excluding ortho intramolecular Hbond substituents is 1. The average Bonchev–Trinajstić information content (AvgIpc) is 2.52. The quantitative estimate of drug-likeness (QED) is 0.783. The lowest BCUT2D eigenvalue weighted by Crippen LogP contribution is -2.12. The number of aromatic nitrogens is 2. The van der Waals surface area contributed by atoms with E-state index in [-0.39, 0.29) is 5.75 Å². The van der Waals surface area contributed by atoms with Crippen LogP contribution < -0.4 is 4.90 Å². The van der Waals surface area contributed by atoms with Gasteiger partial charge in [0.15, 0.2) is 0 Å². The van der Waals surface area contributed by atoms with Crippen LogP contribution in [-0.4, -0.2) is 15.1 Å². The van der Waals surface area contributed by atoms with E-state index >= 15 is 0 Å². The van der Waals surface area contributed by atoms with Gasteiger partial charge < -0.3 is 5.11 Å². The molecule has 4 nitrogen and oxygen atoms in total. The molecule has 0 unspecified atom stereocenters. The number of para-hydroxylation sites is 2. The van der Waals surface area contributed by atoms with Gasteiger partial charge in [-0.25, -0.2) is 9.97 Å². The molecule has 0 aliphatic heterocycles. The van der Waals surface area contributed by atoms with Gasteiger partial charge in [-0.1, -0.05) is 24.3 Å². The predicted octanol–water partition coefficient (Wildman–Crippen LogP) is 3.65. The molecule has 0 saturated heterocycles. The number of anilines is 3. The van der Waals surface area contributed by atoms with E-state index in [1.165, 1.54) is 0 Å². The van der Waals surface area contributed by atoms with Crippen molar-refractivity contribution in [2.75, 3.05) is 4.90 Å². The highest BCUT2D eigenvalue weighted by Crippen LogP contribution is 2.36. The van der Waals surface area contributed by atoms with E-state index in [1.807, 2.05) is 53.4 Å². The molecule has 4 heteroatoms. The zero-order valence-electron chi connectivity index (χ0n) is 10.7. The van der Waals surface area contributed by atoms with Crippen molar-refractivity contribution in [1.29, 1.82) is 0 Å². The van der Waals surface area contributed by atoms with Gasteiger partial charge in [0.25, 0.3) is 0 Å². The smallest absolute Gasteiger partial charge is 0.139 e. The highest BCUT2D eigenvalue weighted by molar-refractivity contribution is 5.75. The number of hydrogen-bond acceptors (Lipinski definition) is 4. The van der Waals surface area contributed by atoms with E-state index in [0.29, 0.717) is 17.3 Å². The molecule has 1 aromatic carbocycles. The first-order valence-corrected chi connectivity index (χ1v) is 6.26. The molecule has 0 amide bonds. The molecule has 0 saturated carbocycles. The van der Waals surface area contributed by atoms with Crippen molar-refractivity contribution in [3.8, 4) is 5.75 Å². The van der Waals surface area contributed by atoms with Crippen molar-refractivity contribution in [2.45, 2.75) is 0 Å². The molecule has 98 valence electrons. The number of rotatable bonds is 3. The normalized spacial score (nSPS) is 10.2. The fourth-order valence-corrected chi connectivity index (χ4v) is 1.99. The van der Waals surface area contributed by atoms with Crippen LogP contribution in [0.4, 0.5) is 17.3 Å². The van der Waals surface area contributed by atoms with Crippen molar-refractivity contribution >= 4 is 17.3 Å². The molecule has 3 aromatic rings. The lowest BCUT2D eigenvalue weighted by atomic mass is 10.2. The van der Waals surface area contributed by atoms with Gasteiger partial charge in [-0.2, -0.15) is 0 Å². The summed E-state index contributed by atoms with van der Waals surface area (Å²) in [6.45, 7) is 0. The van der Waals surface area contributed by atoms with Crippen LogP contribution in [0, 0.1) is 0 Å². The molecule has 0 bridgehead atoms. The minimum absolute atomic E-state index is 0.184. The molecule has 0 fully saturated rings. The number of hydrogen-bond donors (Lipinski definition) is 1. The molecule has 2 aromatic heterocycles. The van der Waals surface area contributed by atoms with E-state index in [4.69, 9.17) is 0 Å². The molecule has 0 radical (unpaired) electrons. The fourth-order valence-electron chi connectivity index (χ4n) is 1.99. The van der Waals surface area contributed by atoms with E-state index in [9.17, 15) is 5.11 Å². The van der Waals surface area contributed by atoms with Gasteiger partial charge in [-0.3, -0.25) is 4.90 Å². The van der Waals surface area contributed by atoms with Crippen LogP contribution in [0.5, 0.6) is 5.75 Å². The van der Waals surface area contributed by atoms with Gasteiger partial charge >= 0.3 is 0 Å². The highest BCUT2D eigenvalue weighted by atomic mass is 16.3. The first-order valence-electron chi connectivity index (χ1n) is 6.26. The maximum Gasteiger partial charge on any atom is 0.139 e. The fraction of sp³-hybridized carbons (Fsp3) is 0. The summed E-state index contributed by atoms with van der Waals surface area (Å²) in [5.41, 5.74) is 0.643. The van der Waals surface area contributed by atoms with Gasteiger partial charge in [0, 0.05) is 12.4 Å². The van der Waals surface area contributed by atoms with Crippen LogP contribution in [0.25, 0.3) is 0 Å². The number of aromatic hydroxyl groups is 1. The Labute approximate surface area is 117 Å². The monoisotopic (exact) mass is 263 g/mol. The Morgan fingerprint density at radius 3 is 1.75 bits per heavy atom. The molecule has 0 aliphatic rings.